The summed E-state index contributed by atoms with van der Waals surface area (Å²) in [5, 5.41) is 12.2. The van der Waals surface area contributed by atoms with E-state index in [9.17, 15) is 23.1 Å². The first kappa shape index (κ1) is 23.6. The van der Waals surface area contributed by atoms with Crippen LogP contribution in [0.3, 0.4) is 0 Å². The van der Waals surface area contributed by atoms with Crippen LogP contribution in [-0.2, 0) is 26.1 Å². The van der Waals surface area contributed by atoms with Gasteiger partial charge in [-0.25, -0.2) is 13.2 Å². The first-order valence-corrected chi connectivity index (χ1v) is 11.6. The van der Waals surface area contributed by atoms with Gasteiger partial charge in [-0.1, -0.05) is 6.07 Å². The lowest BCUT2D eigenvalue weighted by molar-refractivity contribution is -0.126. The van der Waals surface area contributed by atoms with E-state index in [-0.39, 0.29) is 54.7 Å². The Morgan fingerprint density at radius 2 is 1.94 bits per heavy atom. The summed E-state index contributed by atoms with van der Waals surface area (Å²) in [5.41, 5.74) is 0.767. The maximum Gasteiger partial charge on any atom is 0.374 e. The summed E-state index contributed by atoms with van der Waals surface area (Å²) in [6.07, 6.45) is 0.713. The van der Waals surface area contributed by atoms with Crippen LogP contribution in [0.5, 0.6) is 11.5 Å². The number of benzene rings is 1. The second-order valence-corrected chi connectivity index (χ2v) is 9.11. The zero-order valence-corrected chi connectivity index (χ0v) is 18.7. The molecule has 0 bridgehead atoms. The Hall–Kier alpha value is -3.05. The molecule has 11 heteroatoms. The quantitative estimate of drug-likeness (QED) is 0.563. The van der Waals surface area contributed by atoms with Crippen LogP contribution in [0.4, 0.5) is 0 Å². The number of nitrogens with zero attached hydrogens (tertiary/aromatic N) is 1. The maximum atomic E-state index is 12.8. The zero-order valence-electron chi connectivity index (χ0n) is 17.9. The minimum atomic E-state index is -3.92. The Balaban J connectivity index is 1.55. The number of hydrogen-bond acceptors (Lipinski definition) is 8. The van der Waals surface area contributed by atoms with Crippen molar-refractivity contribution in [3.63, 3.8) is 0 Å². The first-order valence-electron chi connectivity index (χ1n) is 10.2. The van der Waals surface area contributed by atoms with Gasteiger partial charge in [-0.15, -0.1) is 0 Å². The first-order chi connectivity index (χ1) is 15.3. The van der Waals surface area contributed by atoms with Crippen molar-refractivity contribution in [3.05, 3.63) is 41.7 Å². The van der Waals surface area contributed by atoms with Gasteiger partial charge >= 0.3 is 5.97 Å². The highest BCUT2D eigenvalue weighted by Gasteiger charge is 2.34. The van der Waals surface area contributed by atoms with Gasteiger partial charge in [0.05, 0.1) is 13.7 Å². The number of carbonyl (C=O) groups is 2. The third kappa shape index (κ3) is 5.22. The van der Waals surface area contributed by atoms with E-state index >= 15 is 0 Å². The monoisotopic (exact) mass is 466 g/mol. The van der Waals surface area contributed by atoms with Gasteiger partial charge in [-0.05, 0) is 49.6 Å². The van der Waals surface area contributed by atoms with Crippen LogP contribution < -0.4 is 10.1 Å². The van der Waals surface area contributed by atoms with Crippen LogP contribution in [0.1, 0.15) is 35.9 Å². The molecular formula is C21H26N2O8S. The van der Waals surface area contributed by atoms with Gasteiger partial charge < -0.3 is 24.3 Å². The fraction of sp³-hybridized carbons (Fsp3) is 0.429. The zero-order chi connectivity index (χ0) is 23.3. The average molecular weight is 467 g/mol. The van der Waals surface area contributed by atoms with E-state index in [4.69, 9.17) is 13.9 Å². The molecule has 3 rings (SSSR count). The summed E-state index contributed by atoms with van der Waals surface area (Å²) in [6, 6.07) is 7.31. The van der Waals surface area contributed by atoms with Gasteiger partial charge in [0.15, 0.2) is 11.5 Å². The van der Waals surface area contributed by atoms with Crippen molar-refractivity contribution in [3.8, 4) is 11.5 Å². The van der Waals surface area contributed by atoms with Gasteiger partial charge in [0.25, 0.3) is 10.0 Å². The second-order valence-electron chi connectivity index (χ2n) is 7.24. The number of sulfonamides is 1. The molecule has 1 aliphatic heterocycles. The molecule has 174 valence electrons. The molecule has 2 N–H and O–H groups in total. The molecule has 0 unspecified atom stereocenters. The molecule has 1 saturated heterocycles. The summed E-state index contributed by atoms with van der Waals surface area (Å²) in [4.78, 5) is 24.2. The normalized spacial score (nSPS) is 15.3. The minimum absolute atomic E-state index is 0.0158. The van der Waals surface area contributed by atoms with Crippen molar-refractivity contribution in [1.29, 1.82) is 0 Å². The van der Waals surface area contributed by atoms with Crippen molar-refractivity contribution < 1.29 is 37.0 Å². The summed E-state index contributed by atoms with van der Waals surface area (Å²) >= 11 is 0. The van der Waals surface area contributed by atoms with E-state index in [0.717, 1.165) is 5.56 Å². The summed E-state index contributed by atoms with van der Waals surface area (Å²) in [5.74, 6) is -1.06. The van der Waals surface area contributed by atoms with Crippen LogP contribution in [0, 0.1) is 5.92 Å². The van der Waals surface area contributed by atoms with Crippen molar-refractivity contribution in [2.24, 2.45) is 5.92 Å². The molecule has 1 amide bonds. The van der Waals surface area contributed by atoms with E-state index in [1.165, 1.54) is 29.6 Å². The molecule has 0 spiro atoms. The smallest absolute Gasteiger partial charge is 0.374 e. The fourth-order valence-corrected chi connectivity index (χ4v) is 4.80. The Morgan fingerprint density at radius 1 is 1.22 bits per heavy atom. The number of amides is 1. The van der Waals surface area contributed by atoms with Gasteiger partial charge in [-0.2, -0.15) is 4.31 Å². The van der Waals surface area contributed by atoms with Crippen molar-refractivity contribution in [2.75, 3.05) is 26.8 Å². The highest BCUT2D eigenvalue weighted by atomic mass is 32.2. The number of phenolic OH excluding ortho intramolecular Hbond substituents is 1. The molecule has 2 heterocycles. The topological polar surface area (TPSA) is 135 Å². The van der Waals surface area contributed by atoms with Gasteiger partial charge in [0, 0.05) is 25.6 Å². The van der Waals surface area contributed by atoms with E-state index in [1.807, 2.05) is 0 Å². The average Bonchev–Trinajstić information content (AvgIpc) is 3.30. The maximum absolute atomic E-state index is 12.8. The number of furan rings is 1. The number of ether oxygens (including phenoxy) is 2. The lowest BCUT2D eigenvalue weighted by atomic mass is 9.97. The molecule has 1 aliphatic rings. The standard InChI is InChI=1S/C21H26N2O8S/c1-3-30-21(26)17-6-7-19(31-17)32(27,28)23-10-8-15(9-11-23)20(25)22-13-14-4-5-16(24)18(12-14)29-2/h4-7,12,15,24H,3,8-11,13H2,1-2H3,(H,22,25). The molecule has 10 nitrogen and oxygen atoms in total. The van der Waals surface area contributed by atoms with E-state index in [2.05, 4.69) is 5.32 Å². The van der Waals surface area contributed by atoms with Gasteiger partial charge in [0.1, 0.15) is 0 Å². The van der Waals surface area contributed by atoms with Crippen molar-refractivity contribution in [1.82, 2.24) is 9.62 Å². The number of nitrogens with one attached hydrogen (secondary N) is 1. The number of carbonyl (C=O) groups excluding carboxylic acids is 2. The predicted octanol–water partition coefficient (Wildman–Crippen LogP) is 1.89. The molecule has 1 aromatic carbocycles. The number of rotatable bonds is 8. The van der Waals surface area contributed by atoms with Crippen molar-refractivity contribution >= 4 is 21.9 Å². The third-order valence-electron chi connectivity index (χ3n) is 5.19. The molecule has 0 aliphatic carbocycles. The van der Waals surface area contributed by atoms with Gasteiger partial charge in [0.2, 0.25) is 16.8 Å². The Labute approximate surface area is 186 Å². The number of hydrogen-bond donors (Lipinski definition) is 2. The highest BCUT2D eigenvalue weighted by Crippen LogP contribution is 2.27. The Kier molecular flexibility index (Phi) is 7.41. The lowest BCUT2D eigenvalue weighted by Crippen LogP contribution is -2.42. The molecule has 1 fully saturated rings. The molecule has 0 radical (unpaired) electrons. The van der Waals surface area contributed by atoms with E-state index in [0.29, 0.717) is 18.6 Å². The molecule has 0 atom stereocenters. The Morgan fingerprint density at radius 3 is 2.59 bits per heavy atom. The SMILES string of the molecule is CCOC(=O)c1ccc(S(=O)(=O)N2CCC(C(=O)NCc3ccc(O)c(OC)c3)CC2)o1. The van der Waals surface area contributed by atoms with E-state index < -0.39 is 16.0 Å². The molecule has 2 aromatic rings. The predicted molar refractivity (Wildman–Crippen MR) is 113 cm³/mol. The van der Waals surface area contributed by atoms with Crippen LogP contribution in [0.15, 0.2) is 39.8 Å². The molecular weight excluding hydrogens is 440 g/mol. The summed E-state index contributed by atoms with van der Waals surface area (Å²) in [6.45, 7) is 2.36. The van der Waals surface area contributed by atoms with E-state index in [1.54, 1.807) is 19.1 Å². The van der Waals surface area contributed by atoms with Gasteiger partial charge in [-0.3, -0.25) is 4.79 Å². The molecule has 1 aromatic heterocycles. The number of phenols is 1. The number of methoxy groups -OCH3 is 1. The second kappa shape index (κ2) is 10.0. The van der Waals surface area contributed by atoms with Crippen LogP contribution >= 0.6 is 0 Å². The third-order valence-corrected chi connectivity index (χ3v) is 6.96. The fourth-order valence-electron chi connectivity index (χ4n) is 3.42. The molecule has 32 heavy (non-hydrogen) atoms. The largest absolute Gasteiger partial charge is 0.504 e. The Bertz CT molecular complexity index is 1070. The molecule has 0 saturated carbocycles. The van der Waals surface area contributed by atoms with Crippen molar-refractivity contribution in [2.45, 2.75) is 31.4 Å². The number of aromatic hydroxyl groups is 1. The highest BCUT2D eigenvalue weighted by molar-refractivity contribution is 7.89. The summed E-state index contributed by atoms with van der Waals surface area (Å²) in [7, 11) is -2.47. The summed E-state index contributed by atoms with van der Waals surface area (Å²) < 4.78 is 41.9. The van der Waals surface area contributed by atoms with Crippen LogP contribution in [0.25, 0.3) is 0 Å². The van der Waals surface area contributed by atoms with Crippen LogP contribution in [-0.4, -0.2) is 56.5 Å². The minimum Gasteiger partial charge on any atom is -0.504 e. The number of esters is 1. The van der Waals surface area contributed by atoms with Crippen LogP contribution in [0.2, 0.25) is 0 Å². The lowest BCUT2D eigenvalue weighted by Gasteiger charge is -2.29. The number of piperidine rings is 1.